The number of aliphatic hydroxyl groups excluding tert-OH is 7. The maximum absolute atomic E-state index is 13.0. The van der Waals surface area contributed by atoms with Gasteiger partial charge < -0.3 is 64.2 Å². The molecule has 0 radical (unpaired) electrons. The smallest absolute Gasteiger partial charge is 0.306 e. The molecule has 15 nitrogen and oxygen atoms in total. The average Bonchev–Trinajstić information content (AvgIpc) is 3.34. The lowest BCUT2D eigenvalue weighted by molar-refractivity contribution is -0.332. The van der Waals surface area contributed by atoms with Gasteiger partial charge in [-0.25, -0.2) is 0 Å². The van der Waals surface area contributed by atoms with Gasteiger partial charge in [0.15, 0.2) is 18.7 Å². The molecule has 11 atom stereocenters. The maximum Gasteiger partial charge on any atom is 0.306 e. The fraction of sp³-hybridized carbons (Fsp3) is 0.963. The van der Waals surface area contributed by atoms with Crippen molar-refractivity contribution >= 4 is 11.9 Å². The van der Waals surface area contributed by atoms with E-state index in [9.17, 15) is 45.3 Å². The lowest BCUT2D eigenvalue weighted by Gasteiger charge is -2.42. The topological polar surface area (TPSA) is 231 Å². The van der Waals surface area contributed by atoms with E-state index >= 15 is 0 Å². The number of hydrogen-bond donors (Lipinski definition) is 7. The molecule has 69 heavy (non-hydrogen) atoms. The zero-order valence-corrected chi connectivity index (χ0v) is 43.3. The van der Waals surface area contributed by atoms with Gasteiger partial charge >= 0.3 is 11.9 Å². The highest BCUT2D eigenvalue weighted by atomic mass is 16.7. The van der Waals surface area contributed by atoms with E-state index < -0.39 is 92.7 Å². The molecule has 4 unspecified atom stereocenters. The quantitative estimate of drug-likeness (QED) is 0.0223. The van der Waals surface area contributed by atoms with Gasteiger partial charge in [0.1, 0.15) is 55.4 Å². The summed E-state index contributed by atoms with van der Waals surface area (Å²) in [7, 11) is 0. The van der Waals surface area contributed by atoms with E-state index in [-0.39, 0.29) is 26.1 Å². The van der Waals surface area contributed by atoms with Gasteiger partial charge in [0.25, 0.3) is 0 Å². The number of carbonyl (C=O) groups excluding carboxylic acids is 2. The summed E-state index contributed by atoms with van der Waals surface area (Å²) >= 11 is 0. The van der Waals surface area contributed by atoms with Crippen molar-refractivity contribution in [3.63, 3.8) is 0 Å². The Balaban J connectivity index is 1.76. The van der Waals surface area contributed by atoms with Crippen LogP contribution in [0, 0.1) is 0 Å². The first-order valence-corrected chi connectivity index (χ1v) is 28.1. The van der Waals surface area contributed by atoms with Crippen LogP contribution in [0.4, 0.5) is 0 Å². The number of carbonyl (C=O) groups is 2. The van der Waals surface area contributed by atoms with Gasteiger partial charge in [0, 0.05) is 12.8 Å². The zero-order chi connectivity index (χ0) is 50.3. The summed E-state index contributed by atoms with van der Waals surface area (Å²) in [4.78, 5) is 25.8. The number of aliphatic hydroxyl groups is 7. The van der Waals surface area contributed by atoms with E-state index in [1.807, 2.05) is 0 Å². The minimum atomic E-state index is -1.76. The second-order valence-corrected chi connectivity index (χ2v) is 20.1. The van der Waals surface area contributed by atoms with E-state index in [1.165, 1.54) is 161 Å². The van der Waals surface area contributed by atoms with Gasteiger partial charge in [-0.15, -0.1) is 0 Å². The molecule has 0 spiro atoms. The highest BCUT2D eigenvalue weighted by molar-refractivity contribution is 5.70. The van der Waals surface area contributed by atoms with Crippen LogP contribution in [0.1, 0.15) is 239 Å². The van der Waals surface area contributed by atoms with Gasteiger partial charge in [-0.1, -0.05) is 213 Å². The average molecular weight is 991 g/mol. The van der Waals surface area contributed by atoms with Crippen LogP contribution in [0.25, 0.3) is 0 Å². The molecule has 2 fully saturated rings. The Morgan fingerprint density at radius 1 is 0.406 bits per heavy atom. The Kier molecular flexibility index (Phi) is 38.6. The van der Waals surface area contributed by atoms with Crippen molar-refractivity contribution in [2.45, 2.75) is 306 Å². The Morgan fingerprint density at radius 2 is 0.739 bits per heavy atom. The summed E-state index contributed by atoms with van der Waals surface area (Å²) in [5, 5.41) is 72.2. The molecule has 2 heterocycles. The highest BCUT2D eigenvalue weighted by Gasteiger charge is 2.47. The Morgan fingerprint density at radius 3 is 1.13 bits per heavy atom. The minimum absolute atomic E-state index is 0.174. The fourth-order valence-electron chi connectivity index (χ4n) is 9.22. The van der Waals surface area contributed by atoms with Crippen LogP contribution in [-0.4, -0.2) is 142 Å². The lowest BCUT2D eigenvalue weighted by atomic mass is 9.98. The molecule has 7 N–H and O–H groups in total. The summed E-state index contributed by atoms with van der Waals surface area (Å²) < 4.78 is 33.7. The number of hydrogen-bond acceptors (Lipinski definition) is 15. The number of unbranched alkanes of at least 4 members (excludes halogenated alkanes) is 31. The van der Waals surface area contributed by atoms with Gasteiger partial charge in [0.2, 0.25) is 0 Å². The predicted octanol–water partition coefficient (Wildman–Crippen LogP) is 8.78. The molecular formula is C54H102O15. The molecule has 2 saturated heterocycles. The first kappa shape index (κ1) is 63.6. The van der Waals surface area contributed by atoms with Crippen molar-refractivity contribution in [2.24, 2.45) is 0 Å². The van der Waals surface area contributed by atoms with E-state index in [2.05, 4.69) is 13.8 Å². The third-order valence-corrected chi connectivity index (χ3v) is 13.8. The Hall–Kier alpha value is -1.50. The van der Waals surface area contributed by atoms with Gasteiger partial charge in [-0.05, 0) is 12.8 Å². The highest BCUT2D eigenvalue weighted by Crippen LogP contribution is 2.27. The fourth-order valence-corrected chi connectivity index (χ4v) is 9.22. The first-order chi connectivity index (χ1) is 33.5. The molecular weight excluding hydrogens is 889 g/mol. The van der Waals surface area contributed by atoms with Gasteiger partial charge in [-0.2, -0.15) is 0 Å². The molecule has 0 aromatic heterocycles. The molecule has 0 aromatic rings. The largest absolute Gasteiger partial charge is 0.462 e. The second kappa shape index (κ2) is 41.9. The number of rotatable bonds is 45. The van der Waals surface area contributed by atoms with Crippen LogP contribution in [0.3, 0.4) is 0 Å². The normalized spacial score (nSPS) is 25.5. The number of esters is 2. The summed E-state index contributed by atoms with van der Waals surface area (Å²) in [5.74, 6) is -0.905. The maximum atomic E-state index is 13.0. The van der Waals surface area contributed by atoms with Crippen LogP contribution >= 0.6 is 0 Å². The SMILES string of the molecule is CCCCCCCCCCCCCCCCCCCCC(=O)O[C@H](COC(=O)CCCCCCCCCCCCCCCCC)CO[C@H]1O[C@@H](CO[C@H]2O[C@@H](CO)[C@@H](O)C(O)C2O)[C@@H](O)C(O)C1O. The van der Waals surface area contributed by atoms with Crippen molar-refractivity contribution in [3.8, 4) is 0 Å². The first-order valence-electron chi connectivity index (χ1n) is 28.1. The van der Waals surface area contributed by atoms with Crippen LogP contribution < -0.4 is 0 Å². The molecule has 408 valence electrons. The molecule has 0 aliphatic carbocycles. The van der Waals surface area contributed by atoms with Crippen LogP contribution in [0.15, 0.2) is 0 Å². The Labute approximate surface area is 417 Å². The van der Waals surface area contributed by atoms with Crippen molar-refractivity contribution in [1.82, 2.24) is 0 Å². The molecule has 0 aromatic carbocycles. The summed E-state index contributed by atoms with van der Waals surface area (Å²) in [6.45, 7) is 2.65. The molecule has 0 amide bonds. The predicted molar refractivity (Wildman–Crippen MR) is 266 cm³/mol. The summed E-state index contributed by atoms with van der Waals surface area (Å²) in [5.41, 5.74) is 0. The summed E-state index contributed by atoms with van der Waals surface area (Å²) in [6.07, 6.45) is 24.1. The monoisotopic (exact) mass is 991 g/mol. The van der Waals surface area contributed by atoms with Crippen molar-refractivity contribution in [2.75, 3.05) is 26.4 Å². The molecule has 0 saturated carbocycles. The number of ether oxygens (including phenoxy) is 6. The van der Waals surface area contributed by atoms with E-state index in [1.54, 1.807) is 0 Å². The van der Waals surface area contributed by atoms with Crippen LogP contribution in [-0.2, 0) is 38.0 Å². The molecule has 2 rings (SSSR count). The van der Waals surface area contributed by atoms with E-state index in [0.29, 0.717) is 12.8 Å². The second-order valence-electron chi connectivity index (χ2n) is 20.1. The summed E-state index contributed by atoms with van der Waals surface area (Å²) in [6, 6.07) is 0. The van der Waals surface area contributed by atoms with Crippen LogP contribution in [0.5, 0.6) is 0 Å². The minimum Gasteiger partial charge on any atom is -0.462 e. The van der Waals surface area contributed by atoms with Gasteiger partial charge in [-0.3, -0.25) is 9.59 Å². The van der Waals surface area contributed by atoms with Gasteiger partial charge in [0.05, 0.1) is 19.8 Å². The molecule has 2 aliphatic rings. The third kappa shape index (κ3) is 29.7. The molecule has 2 aliphatic heterocycles. The van der Waals surface area contributed by atoms with Crippen molar-refractivity contribution in [1.29, 1.82) is 0 Å². The van der Waals surface area contributed by atoms with Crippen LogP contribution in [0.2, 0.25) is 0 Å². The zero-order valence-electron chi connectivity index (χ0n) is 43.3. The van der Waals surface area contributed by atoms with Crippen molar-refractivity contribution in [3.05, 3.63) is 0 Å². The van der Waals surface area contributed by atoms with E-state index in [4.69, 9.17) is 28.4 Å². The Bertz CT molecular complexity index is 1210. The molecule has 0 bridgehead atoms. The third-order valence-electron chi connectivity index (χ3n) is 13.8. The van der Waals surface area contributed by atoms with Crippen molar-refractivity contribution < 1.29 is 73.8 Å². The standard InChI is InChI=1S/C54H102O15/c1-3-5-7-9-11-13-15-17-19-20-21-23-25-27-29-31-33-35-37-46(57)67-42(39-64-45(56)36-34-32-30-28-26-24-22-18-16-14-12-10-8-6-4-2)40-65-53-52(63)50(61)48(59)44(69-53)41-66-54-51(62)49(60)47(58)43(38-55)68-54/h42-44,47-55,58-63H,3-41H2,1-2H3/t42-,43+,44+,47-,48-,49?,50?,51?,52?,53+,54+/m1/s1. The lowest BCUT2D eigenvalue weighted by Crippen LogP contribution is -2.61. The molecule has 15 heteroatoms. The van der Waals surface area contributed by atoms with E-state index in [0.717, 1.165) is 38.5 Å².